The Hall–Kier alpha value is -2.54. The van der Waals surface area contributed by atoms with Crippen molar-refractivity contribution in [3.05, 3.63) is 40.9 Å². The van der Waals surface area contributed by atoms with Crippen LogP contribution in [0.25, 0.3) is 0 Å². The number of halogens is 1. The van der Waals surface area contributed by atoms with Crippen molar-refractivity contribution in [2.45, 2.75) is 0 Å². The maximum atomic E-state index is 12.8. The highest BCUT2D eigenvalue weighted by Gasteiger charge is 2.25. The first-order chi connectivity index (χ1) is 12.5. The van der Waals surface area contributed by atoms with Crippen LogP contribution in [0, 0.1) is 0 Å². The van der Waals surface area contributed by atoms with Crippen molar-refractivity contribution >= 4 is 29.1 Å². The molecule has 8 heteroatoms. The van der Waals surface area contributed by atoms with Crippen LogP contribution in [0.15, 0.2) is 30.3 Å². The van der Waals surface area contributed by atoms with Gasteiger partial charge in [0.1, 0.15) is 5.75 Å². The summed E-state index contributed by atoms with van der Waals surface area (Å²) in [4.78, 5) is 18.7. The first kappa shape index (κ1) is 18.3. The van der Waals surface area contributed by atoms with Gasteiger partial charge in [0.05, 0.1) is 12.7 Å². The molecule has 1 aliphatic rings. The van der Waals surface area contributed by atoms with Gasteiger partial charge in [-0.3, -0.25) is 4.79 Å². The molecule has 1 aliphatic heterocycles. The molecular weight excluding hydrogens is 354 g/mol. The van der Waals surface area contributed by atoms with Crippen LogP contribution < -0.4 is 14.5 Å². The maximum absolute atomic E-state index is 12.8. The van der Waals surface area contributed by atoms with Crippen LogP contribution in [0.5, 0.6) is 5.75 Å². The van der Waals surface area contributed by atoms with Gasteiger partial charge >= 0.3 is 0 Å². The van der Waals surface area contributed by atoms with E-state index < -0.39 is 0 Å². The number of rotatable bonds is 4. The summed E-state index contributed by atoms with van der Waals surface area (Å²) < 4.78 is 5.29. The number of benzene rings is 1. The summed E-state index contributed by atoms with van der Waals surface area (Å²) >= 11 is 6.04. The minimum Gasteiger partial charge on any atom is -0.496 e. The summed E-state index contributed by atoms with van der Waals surface area (Å²) in [7, 11) is 5.41. The lowest BCUT2D eigenvalue weighted by atomic mass is 10.1. The van der Waals surface area contributed by atoms with Crippen molar-refractivity contribution in [3.63, 3.8) is 0 Å². The van der Waals surface area contributed by atoms with Gasteiger partial charge in [-0.25, -0.2) is 0 Å². The molecule has 0 saturated carbocycles. The molecule has 26 heavy (non-hydrogen) atoms. The Balaban J connectivity index is 1.66. The van der Waals surface area contributed by atoms with Crippen LogP contribution in [0.1, 0.15) is 10.4 Å². The van der Waals surface area contributed by atoms with E-state index >= 15 is 0 Å². The smallest absolute Gasteiger partial charge is 0.257 e. The molecular formula is C18H22ClN5O2. The molecule has 1 saturated heterocycles. The molecule has 0 atom stereocenters. The molecule has 1 aromatic carbocycles. The van der Waals surface area contributed by atoms with Crippen LogP contribution in [0.3, 0.4) is 0 Å². The minimum absolute atomic E-state index is 0.0713. The zero-order chi connectivity index (χ0) is 18.7. The highest BCUT2D eigenvalue weighted by molar-refractivity contribution is 6.31. The average molecular weight is 376 g/mol. The molecule has 0 spiro atoms. The number of carbonyl (C=O) groups excluding carboxylic acids is 1. The molecule has 1 fully saturated rings. The molecule has 138 valence electrons. The summed E-state index contributed by atoms with van der Waals surface area (Å²) in [6.45, 7) is 2.60. The molecule has 3 rings (SSSR count). The van der Waals surface area contributed by atoms with E-state index in [0.29, 0.717) is 42.5 Å². The number of piperazine rings is 1. The third kappa shape index (κ3) is 3.83. The second-order valence-corrected chi connectivity index (χ2v) is 6.70. The van der Waals surface area contributed by atoms with E-state index in [2.05, 4.69) is 15.1 Å². The van der Waals surface area contributed by atoms with E-state index in [4.69, 9.17) is 16.3 Å². The molecule has 0 N–H and O–H groups in total. The first-order valence-electron chi connectivity index (χ1n) is 8.38. The molecule has 2 heterocycles. The van der Waals surface area contributed by atoms with Gasteiger partial charge in [-0.2, -0.15) is 0 Å². The first-order valence-corrected chi connectivity index (χ1v) is 8.76. The Bertz CT molecular complexity index is 774. The van der Waals surface area contributed by atoms with Gasteiger partial charge in [-0.15, -0.1) is 10.2 Å². The van der Waals surface area contributed by atoms with Crippen LogP contribution >= 0.6 is 11.6 Å². The van der Waals surface area contributed by atoms with Crippen LogP contribution in [-0.4, -0.2) is 68.4 Å². The normalized spacial score (nSPS) is 14.3. The van der Waals surface area contributed by atoms with E-state index in [1.54, 1.807) is 25.3 Å². The molecule has 0 unspecified atom stereocenters. The molecule has 1 aromatic heterocycles. The van der Waals surface area contributed by atoms with Crippen molar-refractivity contribution < 1.29 is 9.53 Å². The number of hydrogen-bond donors (Lipinski definition) is 0. The standard InChI is InChI=1S/C18H22ClN5O2/c1-22(2)16-6-7-17(21-20-16)23-8-10-24(11-9-23)18(25)14-12-13(19)4-5-15(14)26-3/h4-7,12H,8-11H2,1-3H3. The monoisotopic (exact) mass is 375 g/mol. The SMILES string of the molecule is COc1ccc(Cl)cc1C(=O)N1CCN(c2ccc(N(C)C)nn2)CC1. The summed E-state index contributed by atoms with van der Waals surface area (Å²) in [5, 5.41) is 9.01. The van der Waals surface area contributed by atoms with Crippen LogP contribution in [0.4, 0.5) is 11.6 Å². The summed E-state index contributed by atoms with van der Waals surface area (Å²) in [6.07, 6.45) is 0. The fraction of sp³-hybridized carbons (Fsp3) is 0.389. The van der Waals surface area contributed by atoms with Gasteiger partial charge in [-0.05, 0) is 30.3 Å². The lowest BCUT2D eigenvalue weighted by Crippen LogP contribution is -2.49. The van der Waals surface area contributed by atoms with E-state index in [-0.39, 0.29) is 5.91 Å². The van der Waals surface area contributed by atoms with Crippen LogP contribution in [0.2, 0.25) is 5.02 Å². The molecule has 2 aromatic rings. The Morgan fingerprint density at radius 2 is 1.85 bits per heavy atom. The highest BCUT2D eigenvalue weighted by atomic mass is 35.5. The van der Waals surface area contributed by atoms with Crippen molar-refractivity contribution in [2.75, 3.05) is 57.2 Å². The lowest BCUT2D eigenvalue weighted by Gasteiger charge is -2.35. The van der Waals surface area contributed by atoms with E-state index in [0.717, 1.165) is 11.6 Å². The predicted molar refractivity (Wildman–Crippen MR) is 102 cm³/mol. The van der Waals surface area contributed by atoms with Crippen molar-refractivity contribution in [1.29, 1.82) is 0 Å². The highest BCUT2D eigenvalue weighted by Crippen LogP contribution is 2.25. The van der Waals surface area contributed by atoms with Gasteiger partial charge in [0, 0.05) is 45.3 Å². The predicted octanol–water partition coefficient (Wildman–Crippen LogP) is 2.17. The fourth-order valence-electron chi connectivity index (χ4n) is 2.88. The Labute approximate surface area is 158 Å². The number of carbonyl (C=O) groups is 1. The maximum Gasteiger partial charge on any atom is 0.257 e. The number of ether oxygens (including phenoxy) is 1. The summed E-state index contributed by atoms with van der Waals surface area (Å²) in [5.41, 5.74) is 0.489. The van der Waals surface area contributed by atoms with E-state index in [1.807, 2.05) is 36.0 Å². The largest absolute Gasteiger partial charge is 0.496 e. The van der Waals surface area contributed by atoms with Gasteiger partial charge in [0.25, 0.3) is 5.91 Å². The van der Waals surface area contributed by atoms with Gasteiger partial charge in [-0.1, -0.05) is 11.6 Å². The summed E-state index contributed by atoms with van der Waals surface area (Å²) in [6, 6.07) is 8.98. The van der Waals surface area contributed by atoms with Crippen LogP contribution in [-0.2, 0) is 0 Å². The second-order valence-electron chi connectivity index (χ2n) is 6.27. The Morgan fingerprint density at radius 1 is 1.12 bits per heavy atom. The zero-order valence-electron chi connectivity index (χ0n) is 15.1. The third-order valence-corrected chi connectivity index (χ3v) is 4.61. The zero-order valence-corrected chi connectivity index (χ0v) is 15.9. The van der Waals surface area contributed by atoms with Crippen molar-refractivity contribution in [2.24, 2.45) is 0 Å². The minimum atomic E-state index is -0.0713. The van der Waals surface area contributed by atoms with Crippen molar-refractivity contribution in [1.82, 2.24) is 15.1 Å². The number of hydrogen-bond acceptors (Lipinski definition) is 6. The number of amides is 1. The quantitative estimate of drug-likeness (QED) is 0.816. The number of nitrogens with zero attached hydrogens (tertiary/aromatic N) is 5. The van der Waals surface area contributed by atoms with E-state index in [9.17, 15) is 4.79 Å². The van der Waals surface area contributed by atoms with Gasteiger partial charge in [0.2, 0.25) is 0 Å². The topological polar surface area (TPSA) is 61.8 Å². The van der Waals surface area contributed by atoms with Gasteiger partial charge in [0.15, 0.2) is 11.6 Å². The van der Waals surface area contributed by atoms with Gasteiger partial charge < -0.3 is 19.4 Å². The second kappa shape index (κ2) is 7.78. The van der Waals surface area contributed by atoms with E-state index in [1.165, 1.54) is 0 Å². The number of aromatic nitrogens is 2. The third-order valence-electron chi connectivity index (χ3n) is 4.38. The fourth-order valence-corrected chi connectivity index (χ4v) is 3.05. The molecule has 1 amide bonds. The lowest BCUT2D eigenvalue weighted by molar-refractivity contribution is 0.0743. The summed E-state index contributed by atoms with van der Waals surface area (Å²) in [5.74, 6) is 2.10. The molecule has 7 nitrogen and oxygen atoms in total. The van der Waals surface area contributed by atoms with Crippen molar-refractivity contribution in [3.8, 4) is 5.75 Å². The molecule has 0 radical (unpaired) electrons. The number of methoxy groups -OCH3 is 1. The Kier molecular flexibility index (Phi) is 5.46. The number of anilines is 2. The molecule has 0 bridgehead atoms. The average Bonchev–Trinajstić information content (AvgIpc) is 2.67. The molecule has 0 aliphatic carbocycles. The Morgan fingerprint density at radius 3 is 2.42 bits per heavy atom.